The Bertz CT molecular complexity index is 1060. The summed E-state index contributed by atoms with van der Waals surface area (Å²) in [5, 5.41) is 0. The number of benzene rings is 2. The van der Waals surface area contributed by atoms with Gasteiger partial charge in [-0.1, -0.05) is 54.1 Å². The molecule has 0 aliphatic heterocycles. The van der Waals surface area contributed by atoms with Crippen LogP contribution in [0.1, 0.15) is 35.6 Å². The Labute approximate surface area is 190 Å². The molecule has 0 unspecified atom stereocenters. The first-order chi connectivity index (χ1) is 15.5. The van der Waals surface area contributed by atoms with Gasteiger partial charge in [0.2, 0.25) is 5.91 Å². The van der Waals surface area contributed by atoms with E-state index in [1.54, 1.807) is 12.4 Å². The summed E-state index contributed by atoms with van der Waals surface area (Å²) in [4.78, 5) is 30.8. The number of aromatic nitrogens is 1. The first kappa shape index (κ1) is 23.2. The van der Waals surface area contributed by atoms with Crippen LogP contribution in [0.4, 0.5) is 0 Å². The lowest BCUT2D eigenvalue weighted by atomic mass is 9.97. The number of amides is 1. The predicted octanol–water partition coefficient (Wildman–Crippen LogP) is 4.75. The summed E-state index contributed by atoms with van der Waals surface area (Å²) >= 11 is 0. The molecule has 1 amide bonds. The van der Waals surface area contributed by atoms with Gasteiger partial charge in [-0.25, -0.2) is 0 Å². The van der Waals surface area contributed by atoms with E-state index < -0.39 is 0 Å². The van der Waals surface area contributed by atoms with Crippen molar-refractivity contribution in [2.45, 2.75) is 39.7 Å². The molecule has 0 spiro atoms. The van der Waals surface area contributed by atoms with E-state index in [1.165, 1.54) is 12.7 Å². The van der Waals surface area contributed by atoms with Gasteiger partial charge in [-0.3, -0.25) is 14.6 Å². The molecule has 0 bridgehead atoms. The molecule has 0 saturated heterocycles. The van der Waals surface area contributed by atoms with Crippen molar-refractivity contribution in [3.05, 3.63) is 89.2 Å². The molecule has 0 saturated carbocycles. The van der Waals surface area contributed by atoms with Crippen molar-refractivity contribution in [2.24, 2.45) is 0 Å². The minimum atomic E-state index is -0.297. The topological polar surface area (TPSA) is 59.5 Å². The van der Waals surface area contributed by atoms with Gasteiger partial charge >= 0.3 is 5.97 Å². The van der Waals surface area contributed by atoms with Crippen LogP contribution < -0.4 is 0 Å². The third-order valence-electron chi connectivity index (χ3n) is 5.51. The highest BCUT2D eigenvalue weighted by Crippen LogP contribution is 2.27. The SMILES string of the molecule is CCN(Cc1cc(C)ccc1-c1cncc(CC(=O)OC)c1)C(=O)CCc1ccccc1. The maximum absolute atomic E-state index is 13.0. The molecule has 3 rings (SSSR count). The molecule has 5 nitrogen and oxygen atoms in total. The molecule has 5 heteroatoms. The van der Waals surface area contributed by atoms with E-state index >= 15 is 0 Å². The van der Waals surface area contributed by atoms with Crippen LogP contribution in [0.2, 0.25) is 0 Å². The Morgan fingerprint density at radius 3 is 2.50 bits per heavy atom. The molecule has 1 heterocycles. The highest BCUT2D eigenvalue weighted by atomic mass is 16.5. The van der Waals surface area contributed by atoms with Gasteiger partial charge in [0.25, 0.3) is 0 Å². The van der Waals surface area contributed by atoms with E-state index in [9.17, 15) is 9.59 Å². The lowest BCUT2D eigenvalue weighted by molar-refractivity contribution is -0.139. The normalized spacial score (nSPS) is 10.6. The van der Waals surface area contributed by atoms with Crippen LogP contribution in [0.15, 0.2) is 67.0 Å². The molecule has 2 aromatic carbocycles. The van der Waals surface area contributed by atoms with Gasteiger partial charge in [0.1, 0.15) is 0 Å². The van der Waals surface area contributed by atoms with Gasteiger partial charge in [-0.2, -0.15) is 0 Å². The number of carbonyl (C=O) groups is 2. The van der Waals surface area contributed by atoms with Crippen LogP contribution in [0.25, 0.3) is 11.1 Å². The Morgan fingerprint density at radius 1 is 1.00 bits per heavy atom. The zero-order valence-corrected chi connectivity index (χ0v) is 19.0. The molecular formula is C27H30N2O3. The van der Waals surface area contributed by atoms with E-state index in [-0.39, 0.29) is 18.3 Å². The number of esters is 1. The van der Waals surface area contributed by atoms with Crippen LogP contribution in [-0.2, 0) is 33.7 Å². The summed E-state index contributed by atoms with van der Waals surface area (Å²) in [5.41, 5.74) is 6.11. The summed E-state index contributed by atoms with van der Waals surface area (Å²) < 4.78 is 4.78. The van der Waals surface area contributed by atoms with Crippen LogP contribution in [-0.4, -0.2) is 35.4 Å². The van der Waals surface area contributed by atoms with E-state index in [2.05, 4.69) is 35.3 Å². The Balaban J connectivity index is 1.80. The number of ether oxygens (including phenoxy) is 1. The molecular weight excluding hydrogens is 400 g/mol. The molecule has 0 aliphatic carbocycles. The molecule has 0 atom stereocenters. The summed E-state index contributed by atoms with van der Waals surface area (Å²) in [6.45, 7) is 5.23. The highest BCUT2D eigenvalue weighted by molar-refractivity contribution is 5.77. The van der Waals surface area contributed by atoms with Gasteiger partial charge in [-0.05, 0) is 48.6 Å². The number of aryl methyl sites for hydroxylation is 2. The minimum Gasteiger partial charge on any atom is -0.469 e. The Hall–Kier alpha value is -3.47. The number of methoxy groups -OCH3 is 1. The van der Waals surface area contributed by atoms with Crippen LogP contribution >= 0.6 is 0 Å². The number of rotatable bonds is 9. The second-order valence-corrected chi connectivity index (χ2v) is 7.89. The highest BCUT2D eigenvalue weighted by Gasteiger charge is 2.16. The van der Waals surface area contributed by atoms with Crippen molar-refractivity contribution in [3.8, 4) is 11.1 Å². The fourth-order valence-electron chi connectivity index (χ4n) is 3.74. The quantitative estimate of drug-likeness (QED) is 0.460. The Kier molecular flexibility index (Phi) is 8.14. The van der Waals surface area contributed by atoms with Crippen molar-refractivity contribution < 1.29 is 14.3 Å². The molecule has 0 radical (unpaired) electrons. The summed E-state index contributed by atoms with van der Waals surface area (Å²) in [6, 6.07) is 18.3. The first-order valence-electron chi connectivity index (χ1n) is 10.9. The van der Waals surface area contributed by atoms with Crippen molar-refractivity contribution in [1.82, 2.24) is 9.88 Å². The molecule has 166 valence electrons. The standard InChI is InChI=1S/C27H30N2O3/c1-4-29(26(30)13-11-21-8-6-5-7-9-21)19-24-14-20(2)10-12-25(24)23-15-22(17-28-18-23)16-27(31)32-3/h5-10,12,14-15,17-18H,4,11,13,16,19H2,1-3H3. The fourth-order valence-corrected chi connectivity index (χ4v) is 3.74. The summed E-state index contributed by atoms with van der Waals surface area (Å²) in [7, 11) is 1.38. The van der Waals surface area contributed by atoms with Gasteiger partial charge < -0.3 is 9.64 Å². The largest absolute Gasteiger partial charge is 0.469 e. The van der Waals surface area contributed by atoms with Crippen LogP contribution in [0.5, 0.6) is 0 Å². The maximum Gasteiger partial charge on any atom is 0.310 e. The third-order valence-corrected chi connectivity index (χ3v) is 5.51. The van der Waals surface area contributed by atoms with Crippen molar-refractivity contribution in [3.63, 3.8) is 0 Å². The van der Waals surface area contributed by atoms with Crippen LogP contribution in [0, 0.1) is 6.92 Å². The Morgan fingerprint density at radius 2 is 1.78 bits per heavy atom. The lowest BCUT2D eigenvalue weighted by Crippen LogP contribution is -2.30. The molecule has 0 aliphatic rings. The van der Waals surface area contributed by atoms with Crippen molar-refractivity contribution >= 4 is 11.9 Å². The van der Waals surface area contributed by atoms with Crippen molar-refractivity contribution in [2.75, 3.05) is 13.7 Å². The van der Waals surface area contributed by atoms with Crippen molar-refractivity contribution in [1.29, 1.82) is 0 Å². The molecule has 1 aromatic heterocycles. The van der Waals surface area contributed by atoms with E-state index in [1.807, 2.05) is 43.0 Å². The molecule has 0 fully saturated rings. The number of pyridine rings is 1. The average molecular weight is 431 g/mol. The smallest absolute Gasteiger partial charge is 0.310 e. The number of nitrogens with zero attached hydrogens (tertiary/aromatic N) is 2. The maximum atomic E-state index is 13.0. The number of hydrogen-bond donors (Lipinski definition) is 0. The van der Waals surface area contributed by atoms with E-state index in [0.717, 1.165) is 34.2 Å². The van der Waals surface area contributed by atoms with Gasteiger partial charge in [-0.15, -0.1) is 0 Å². The zero-order valence-electron chi connectivity index (χ0n) is 19.0. The summed E-state index contributed by atoms with van der Waals surface area (Å²) in [6.07, 6.45) is 4.87. The van der Waals surface area contributed by atoms with Gasteiger partial charge in [0.05, 0.1) is 13.5 Å². The molecule has 32 heavy (non-hydrogen) atoms. The van der Waals surface area contributed by atoms with Gasteiger partial charge in [0.15, 0.2) is 0 Å². The van der Waals surface area contributed by atoms with E-state index in [4.69, 9.17) is 4.74 Å². The number of carbonyl (C=O) groups excluding carboxylic acids is 2. The molecule has 0 N–H and O–H groups in total. The second-order valence-electron chi connectivity index (χ2n) is 7.89. The predicted molar refractivity (Wildman–Crippen MR) is 126 cm³/mol. The second kappa shape index (κ2) is 11.2. The zero-order chi connectivity index (χ0) is 22.9. The third kappa shape index (κ3) is 6.27. The summed E-state index contributed by atoms with van der Waals surface area (Å²) in [5.74, 6) is -0.157. The van der Waals surface area contributed by atoms with E-state index in [0.29, 0.717) is 19.5 Å². The first-order valence-corrected chi connectivity index (χ1v) is 10.9. The van der Waals surface area contributed by atoms with Crippen LogP contribution in [0.3, 0.4) is 0 Å². The average Bonchev–Trinajstić information content (AvgIpc) is 2.81. The fraction of sp³-hybridized carbons (Fsp3) is 0.296. The monoisotopic (exact) mass is 430 g/mol. The minimum absolute atomic E-state index is 0.140. The number of hydrogen-bond acceptors (Lipinski definition) is 4. The molecule has 3 aromatic rings. The lowest BCUT2D eigenvalue weighted by Gasteiger charge is -2.23. The van der Waals surface area contributed by atoms with Gasteiger partial charge in [0, 0.05) is 37.5 Å².